The first kappa shape index (κ1) is 16.7. The first-order chi connectivity index (χ1) is 12.6. The summed E-state index contributed by atoms with van der Waals surface area (Å²) < 4.78 is 16.5. The Morgan fingerprint density at radius 3 is 2.42 bits per heavy atom. The average Bonchev–Trinajstić information content (AvgIpc) is 3.13. The number of carbonyl (C=O) groups is 2. The third-order valence-electron chi connectivity index (χ3n) is 4.93. The molecule has 26 heavy (non-hydrogen) atoms. The van der Waals surface area contributed by atoms with Gasteiger partial charge in [0, 0.05) is 24.6 Å². The summed E-state index contributed by atoms with van der Waals surface area (Å²) in [6.07, 6.45) is 1.30. The number of piperidine rings is 1. The predicted molar refractivity (Wildman–Crippen MR) is 93.8 cm³/mol. The van der Waals surface area contributed by atoms with E-state index in [4.69, 9.17) is 13.9 Å². The molecule has 0 N–H and O–H groups in total. The number of likely N-dealkylation sites (tertiary alicyclic amines) is 1. The number of carbonyl (C=O) groups excluding carboxylic acids is 2. The van der Waals surface area contributed by atoms with Crippen molar-refractivity contribution in [2.75, 3.05) is 26.3 Å². The van der Waals surface area contributed by atoms with E-state index in [1.54, 1.807) is 35.2 Å². The summed E-state index contributed by atoms with van der Waals surface area (Å²) in [5, 5.41) is 0. The van der Waals surface area contributed by atoms with Crippen molar-refractivity contribution in [2.24, 2.45) is 5.92 Å². The topological polar surface area (TPSA) is 69.0 Å². The van der Waals surface area contributed by atoms with Gasteiger partial charge in [-0.15, -0.1) is 0 Å². The van der Waals surface area contributed by atoms with Crippen molar-refractivity contribution in [3.8, 4) is 11.5 Å². The minimum absolute atomic E-state index is 0.0834. The van der Waals surface area contributed by atoms with E-state index in [1.165, 1.54) is 0 Å². The first-order valence-electron chi connectivity index (χ1n) is 8.91. The second-order valence-corrected chi connectivity index (χ2v) is 6.70. The van der Waals surface area contributed by atoms with Crippen LogP contribution < -0.4 is 9.47 Å². The molecule has 1 aromatic carbocycles. The fraction of sp³-hybridized carbons (Fsp3) is 0.400. The van der Waals surface area contributed by atoms with Crippen LogP contribution in [0.3, 0.4) is 0 Å². The van der Waals surface area contributed by atoms with Crippen molar-refractivity contribution in [3.63, 3.8) is 0 Å². The Bertz CT molecular complexity index is 832. The van der Waals surface area contributed by atoms with Gasteiger partial charge >= 0.3 is 0 Å². The molecular formula is C20H21NO5. The van der Waals surface area contributed by atoms with Gasteiger partial charge in [0.15, 0.2) is 23.0 Å². The number of hydrogen-bond acceptors (Lipinski definition) is 5. The summed E-state index contributed by atoms with van der Waals surface area (Å²) in [6.45, 7) is 3.95. The maximum absolute atomic E-state index is 12.8. The zero-order chi connectivity index (χ0) is 18.1. The quantitative estimate of drug-likeness (QED) is 0.792. The zero-order valence-electron chi connectivity index (χ0n) is 14.7. The predicted octanol–water partition coefficient (Wildman–Crippen LogP) is 3.09. The van der Waals surface area contributed by atoms with Crippen LogP contribution in [-0.2, 0) is 0 Å². The second kappa shape index (κ2) is 6.86. The van der Waals surface area contributed by atoms with Crippen molar-refractivity contribution in [3.05, 3.63) is 47.4 Å². The first-order valence-corrected chi connectivity index (χ1v) is 8.91. The molecule has 0 aliphatic carbocycles. The standard InChI is InChI=1S/C20H21NO5/c1-13-2-4-17(26-13)20(23)21-8-6-14(7-9-21)19(22)15-3-5-16-18(12-15)25-11-10-24-16/h2-5,12,14H,6-11H2,1H3. The summed E-state index contributed by atoms with van der Waals surface area (Å²) in [5.41, 5.74) is 0.640. The number of aryl methyl sites for hydroxylation is 1. The monoisotopic (exact) mass is 355 g/mol. The lowest BCUT2D eigenvalue weighted by Crippen LogP contribution is -2.40. The number of fused-ring (bicyclic) bond motifs is 1. The van der Waals surface area contributed by atoms with Crippen LogP contribution >= 0.6 is 0 Å². The van der Waals surface area contributed by atoms with Crippen molar-refractivity contribution in [2.45, 2.75) is 19.8 Å². The molecule has 1 amide bonds. The van der Waals surface area contributed by atoms with Gasteiger partial charge in [0.25, 0.3) is 5.91 Å². The third-order valence-corrected chi connectivity index (χ3v) is 4.93. The summed E-state index contributed by atoms with van der Waals surface area (Å²) in [7, 11) is 0. The van der Waals surface area contributed by atoms with Crippen LogP contribution in [0.15, 0.2) is 34.7 Å². The van der Waals surface area contributed by atoms with Crippen LogP contribution in [0.2, 0.25) is 0 Å². The number of furan rings is 1. The van der Waals surface area contributed by atoms with Crippen molar-refractivity contribution in [1.82, 2.24) is 4.90 Å². The highest BCUT2D eigenvalue weighted by atomic mass is 16.6. The van der Waals surface area contributed by atoms with E-state index in [9.17, 15) is 9.59 Å². The molecule has 3 heterocycles. The molecular weight excluding hydrogens is 334 g/mol. The Hall–Kier alpha value is -2.76. The Morgan fingerprint density at radius 1 is 1.00 bits per heavy atom. The summed E-state index contributed by atoms with van der Waals surface area (Å²) in [6, 6.07) is 8.83. The van der Waals surface area contributed by atoms with Gasteiger partial charge in [0.05, 0.1) is 0 Å². The maximum atomic E-state index is 12.8. The normalized spacial score (nSPS) is 17.2. The largest absolute Gasteiger partial charge is 0.486 e. The number of hydrogen-bond donors (Lipinski definition) is 0. The summed E-state index contributed by atoms with van der Waals surface area (Å²) >= 11 is 0. The van der Waals surface area contributed by atoms with Gasteiger partial charge in [-0.2, -0.15) is 0 Å². The summed E-state index contributed by atoms with van der Waals surface area (Å²) in [4.78, 5) is 27.0. The van der Waals surface area contributed by atoms with E-state index in [1.807, 2.05) is 6.92 Å². The lowest BCUT2D eigenvalue weighted by molar-refractivity contribution is 0.0623. The number of ketones is 1. The fourth-order valence-electron chi connectivity index (χ4n) is 3.48. The molecule has 0 spiro atoms. The maximum Gasteiger partial charge on any atom is 0.289 e. The van der Waals surface area contributed by atoms with Crippen LogP contribution in [0.4, 0.5) is 0 Å². The smallest absolute Gasteiger partial charge is 0.289 e. The van der Waals surface area contributed by atoms with Gasteiger partial charge in [-0.1, -0.05) is 0 Å². The Balaban J connectivity index is 1.40. The molecule has 2 aromatic rings. The van der Waals surface area contributed by atoms with Gasteiger partial charge in [-0.05, 0) is 50.1 Å². The van der Waals surface area contributed by atoms with E-state index in [0.29, 0.717) is 62.0 Å². The molecule has 0 radical (unpaired) electrons. The molecule has 0 saturated carbocycles. The van der Waals surface area contributed by atoms with Gasteiger partial charge in [0.2, 0.25) is 0 Å². The summed E-state index contributed by atoms with van der Waals surface area (Å²) in [5.74, 6) is 2.30. The minimum atomic E-state index is -0.108. The zero-order valence-corrected chi connectivity index (χ0v) is 14.7. The highest BCUT2D eigenvalue weighted by Crippen LogP contribution is 2.32. The van der Waals surface area contributed by atoms with E-state index in [2.05, 4.69) is 0 Å². The van der Waals surface area contributed by atoms with Crippen molar-refractivity contribution in [1.29, 1.82) is 0 Å². The van der Waals surface area contributed by atoms with Crippen LogP contribution in [0.25, 0.3) is 0 Å². The highest BCUT2D eigenvalue weighted by Gasteiger charge is 2.30. The molecule has 6 nitrogen and oxygen atoms in total. The average molecular weight is 355 g/mol. The number of rotatable bonds is 3. The van der Waals surface area contributed by atoms with Crippen molar-refractivity contribution >= 4 is 11.7 Å². The molecule has 1 aromatic heterocycles. The third kappa shape index (κ3) is 3.19. The molecule has 2 aliphatic heterocycles. The minimum Gasteiger partial charge on any atom is -0.486 e. The van der Waals surface area contributed by atoms with Gasteiger partial charge < -0.3 is 18.8 Å². The van der Waals surface area contributed by atoms with Crippen LogP contribution in [0, 0.1) is 12.8 Å². The number of nitrogens with zero attached hydrogens (tertiary/aromatic N) is 1. The lowest BCUT2D eigenvalue weighted by atomic mass is 9.88. The van der Waals surface area contributed by atoms with Crippen LogP contribution in [0.5, 0.6) is 11.5 Å². The van der Waals surface area contributed by atoms with Gasteiger partial charge in [-0.25, -0.2) is 0 Å². The van der Waals surface area contributed by atoms with E-state index in [-0.39, 0.29) is 17.6 Å². The number of benzene rings is 1. The molecule has 1 saturated heterocycles. The molecule has 0 bridgehead atoms. The molecule has 1 fully saturated rings. The molecule has 4 rings (SSSR count). The van der Waals surface area contributed by atoms with Crippen molar-refractivity contribution < 1.29 is 23.5 Å². The van der Waals surface area contributed by atoms with Gasteiger partial charge in [-0.3, -0.25) is 9.59 Å². The van der Waals surface area contributed by atoms with Crippen LogP contribution in [-0.4, -0.2) is 42.9 Å². The number of Topliss-reactive ketones (excluding diaryl/α,β-unsaturated/α-hetero) is 1. The Morgan fingerprint density at radius 2 is 1.73 bits per heavy atom. The highest BCUT2D eigenvalue weighted by molar-refractivity contribution is 5.99. The lowest BCUT2D eigenvalue weighted by Gasteiger charge is -2.31. The Labute approximate surface area is 151 Å². The van der Waals surface area contributed by atoms with E-state index < -0.39 is 0 Å². The number of ether oxygens (including phenoxy) is 2. The molecule has 0 atom stereocenters. The van der Waals surface area contributed by atoms with Gasteiger partial charge in [0.1, 0.15) is 19.0 Å². The molecule has 136 valence electrons. The van der Waals surface area contributed by atoms with Crippen LogP contribution in [0.1, 0.15) is 39.5 Å². The molecule has 6 heteroatoms. The van der Waals surface area contributed by atoms with E-state index >= 15 is 0 Å². The molecule has 2 aliphatic rings. The molecule has 0 unspecified atom stereocenters. The van der Waals surface area contributed by atoms with E-state index in [0.717, 1.165) is 5.76 Å². The second-order valence-electron chi connectivity index (χ2n) is 6.70. The number of amides is 1. The Kier molecular flexibility index (Phi) is 4.41. The fourth-order valence-corrected chi connectivity index (χ4v) is 3.48. The SMILES string of the molecule is Cc1ccc(C(=O)N2CCC(C(=O)c3ccc4c(c3)OCCO4)CC2)o1.